The van der Waals surface area contributed by atoms with Gasteiger partial charge in [-0.2, -0.15) is 5.10 Å². The van der Waals surface area contributed by atoms with Crippen molar-refractivity contribution in [2.75, 3.05) is 20.6 Å². The van der Waals surface area contributed by atoms with Gasteiger partial charge in [0.2, 0.25) is 0 Å². The van der Waals surface area contributed by atoms with Crippen molar-refractivity contribution in [3.05, 3.63) is 16.4 Å². The van der Waals surface area contributed by atoms with Crippen LogP contribution in [0.1, 0.15) is 31.0 Å². The van der Waals surface area contributed by atoms with Crippen LogP contribution in [0.3, 0.4) is 0 Å². The van der Waals surface area contributed by atoms with E-state index >= 15 is 0 Å². The molecule has 18 heavy (non-hydrogen) atoms. The Bertz CT molecular complexity index is 386. The smallest absolute Gasteiger partial charge is 0.0712 e. The van der Waals surface area contributed by atoms with Gasteiger partial charge in [0, 0.05) is 6.54 Å². The van der Waals surface area contributed by atoms with Crippen LogP contribution in [0.15, 0.2) is 10.7 Å². The van der Waals surface area contributed by atoms with E-state index in [9.17, 15) is 0 Å². The normalized spacial score (nSPS) is 18.1. The SMILES string of the molecule is CN(C)CCn1ncc(Br)c1C(NN)C1CCC1. The van der Waals surface area contributed by atoms with Gasteiger partial charge in [-0.15, -0.1) is 0 Å². The van der Waals surface area contributed by atoms with Crippen molar-refractivity contribution >= 4 is 15.9 Å². The zero-order valence-electron chi connectivity index (χ0n) is 11.1. The van der Waals surface area contributed by atoms with E-state index in [0.29, 0.717) is 5.92 Å². The number of hydrogen-bond acceptors (Lipinski definition) is 4. The zero-order chi connectivity index (χ0) is 13.1. The maximum absolute atomic E-state index is 5.75. The average molecular weight is 316 g/mol. The van der Waals surface area contributed by atoms with Crippen LogP contribution >= 0.6 is 15.9 Å². The molecule has 102 valence electrons. The summed E-state index contributed by atoms with van der Waals surface area (Å²) in [6.07, 6.45) is 5.68. The van der Waals surface area contributed by atoms with E-state index < -0.39 is 0 Å². The highest BCUT2D eigenvalue weighted by molar-refractivity contribution is 9.10. The molecule has 1 aromatic rings. The summed E-state index contributed by atoms with van der Waals surface area (Å²) >= 11 is 3.59. The maximum atomic E-state index is 5.75. The van der Waals surface area contributed by atoms with Crippen molar-refractivity contribution in [3.8, 4) is 0 Å². The molecular formula is C12H22BrN5. The second-order valence-electron chi connectivity index (χ2n) is 5.24. The van der Waals surface area contributed by atoms with Crippen molar-refractivity contribution in [3.63, 3.8) is 0 Å². The number of hydrogen-bond donors (Lipinski definition) is 2. The van der Waals surface area contributed by atoms with Crippen LogP contribution in [0.25, 0.3) is 0 Å². The molecule has 1 saturated carbocycles. The molecular weight excluding hydrogens is 294 g/mol. The quantitative estimate of drug-likeness (QED) is 0.617. The second-order valence-corrected chi connectivity index (χ2v) is 6.09. The fourth-order valence-corrected chi connectivity index (χ4v) is 2.91. The Kier molecular flexibility index (Phi) is 4.77. The van der Waals surface area contributed by atoms with Gasteiger partial charge in [-0.3, -0.25) is 16.0 Å². The summed E-state index contributed by atoms with van der Waals surface area (Å²) in [6, 6.07) is 0.206. The molecule has 3 N–H and O–H groups in total. The Hall–Kier alpha value is -0.430. The lowest BCUT2D eigenvalue weighted by Gasteiger charge is -2.34. The Morgan fingerprint density at radius 2 is 2.33 bits per heavy atom. The van der Waals surface area contributed by atoms with Crippen LogP contribution in [0.4, 0.5) is 0 Å². The standard InChI is InChI=1S/C12H22BrN5/c1-17(2)6-7-18-12(10(13)8-15-18)11(16-14)9-4-3-5-9/h8-9,11,16H,3-7,14H2,1-2H3. The molecule has 1 aromatic heterocycles. The van der Waals surface area contributed by atoms with Gasteiger partial charge in [0.25, 0.3) is 0 Å². The molecule has 0 amide bonds. The van der Waals surface area contributed by atoms with Crippen LogP contribution in [-0.2, 0) is 6.54 Å². The van der Waals surface area contributed by atoms with Gasteiger partial charge in [0.1, 0.15) is 0 Å². The number of halogens is 1. The van der Waals surface area contributed by atoms with Crippen LogP contribution < -0.4 is 11.3 Å². The van der Waals surface area contributed by atoms with E-state index in [1.165, 1.54) is 25.0 Å². The fourth-order valence-electron chi connectivity index (χ4n) is 2.37. The molecule has 0 spiro atoms. The predicted molar refractivity (Wildman–Crippen MR) is 75.9 cm³/mol. The van der Waals surface area contributed by atoms with E-state index in [0.717, 1.165) is 17.6 Å². The van der Waals surface area contributed by atoms with Crippen LogP contribution in [0, 0.1) is 5.92 Å². The van der Waals surface area contributed by atoms with Crippen molar-refractivity contribution in [2.45, 2.75) is 31.8 Å². The first kappa shape index (κ1) is 14.0. The number of rotatable bonds is 6. The van der Waals surface area contributed by atoms with Gasteiger partial charge in [-0.05, 0) is 48.8 Å². The maximum Gasteiger partial charge on any atom is 0.0712 e. The summed E-state index contributed by atoms with van der Waals surface area (Å²) in [5.74, 6) is 6.39. The Labute approximate surface area is 117 Å². The van der Waals surface area contributed by atoms with E-state index in [4.69, 9.17) is 5.84 Å². The lowest BCUT2D eigenvalue weighted by atomic mass is 9.79. The van der Waals surface area contributed by atoms with Gasteiger partial charge in [-0.1, -0.05) is 6.42 Å². The van der Waals surface area contributed by atoms with Gasteiger partial charge < -0.3 is 4.90 Å². The number of aromatic nitrogens is 2. The van der Waals surface area contributed by atoms with Crippen LogP contribution in [0.2, 0.25) is 0 Å². The van der Waals surface area contributed by atoms with Crippen LogP contribution in [0.5, 0.6) is 0 Å². The molecule has 0 saturated heterocycles. The number of nitrogens with one attached hydrogen (secondary N) is 1. The van der Waals surface area contributed by atoms with E-state index in [-0.39, 0.29) is 6.04 Å². The van der Waals surface area contributed by atoms with E-state index in [1.807, 2.05) is 6.20 Å². The Morgan fingerprint density at radius 1 is 1.61 bits per heavy atom. The Balaban J connectivity index is 2.15. The van der Waals surface area contributed by atoms with Crippen molar-refractivity contribution in [1.82, 2.24) is 20.1 Å². The molecule has 0 aromatic carbocycles. The molecule has 1 heterocycles. The van der Waals surface area contributed by atoms with E-state index in [2.05, 4.69) is 50.1 Å². The second kappa shape index (κ2) is 6.14. The van der Waals surface area contributed by atoms with Crippen LogP contribution in [-0.4, -0.2) is 35.3 Å². The number of nitrogens with two attached hydrogens (primary N) is 1. The third-order valence-electron chi connectivity index (χ3n) is 3.69. The summed E-state index contributed by atoms with van der Waals surface area (Å²) in [5, 5.41) is 4.44. The first-order valence-corrected chi connectivity index (χ1v) is 7.25. The zero-order valence-corrected chi connectivity index (χ0v) is 12.7. The minimum atomic E-state index is 0.206. The van der Waals surface area contributed by atoms with Gasteiger partial charge in [-0.25, -0.2) is 0 Å². The molecule has 5 nitrogen and oxygen atoms in total. The number of likely N-dealkylation sites (N-methyl/N-ethyl adjacent to an activating group) is 1. The first-order valence-electron chi connectivity index (χ1n) is 6.45. The van der Waals surface area contributed by atoms with Crippen molar-refractivity contribution in [2.24, 2.45) is 11.8 Å². The molecule has 1 aliphatic carbocycles. The molecule has 1 fully saturated rings. The first-order chi connectivity index (χ1) is 8.63. The third-order valence-corrected chi connectivity index (χ3v) is 4.30. The summed E-state index contributed by atoms with van der Waals surface area (Å²) in [5.41, 5.74) is 4.16. The lowest BCUT2D eigenvalue weighted by Crippen LogP contribution is -2.38. The van der Waals surface area contributed by atoms with Gasteiger partial charge >= 0.3 is 0 Å². The minimum absolute atomic E-state index is 0.206. The molecule has 0 radical (unpaired) electrons. The number of hydrazine groups is 1. The molecule has 1 unspecified atom stereocenters. The van der Waals surface area contributed by atoms with Crippen molar-refractivity contribution in [1.29, 1.82) is 0 Å². The highest BCUT2D eigenvalue weighted by atomic mass is 79.9. The summed E-state index contributed by atoms with van der Waals surface area (Å²) in [6.45, 7) is 1.86. The highest BCUT2D eigenvalue weighted by Gasteiger charge is 2.31. The fraction of sp³-hybridized carbons (Fsp3) is 0.750. The number of nitrogens with zero attached hydrogens (tertiary/aromatic N) is 3. The van der Waals surface area contributed by atoms with E-state index in [1.54, 1.807) is 0 Å². The predicted octanol–water partition coefficient (Wildman–Crippen LogP) is 1.51. The average Bonchev–Trinajstić information content (AvgIpc) is 2.62. The topological polar surface area (TPSA) is 59.1 Å². The largest absolute Gasteiger partial charge is 0.308 e. The monoisotopic (exact) mass is 315 g/mol. The van der Waals surface area contributed by atoms with Gasteiger partial charge in [0.15, 0.2) is 0 Å². The molecule has 0 aliphatic heterocycles. The Morgan fingerprint density at radius 3 is 2.83 bits per heavy atom. The minimum Gasteiger partial charge on any atom is -0.308 e. The lowest BCUT2D eigenvalue weighted by molar-refractivity contribution is 0.220. The molecule has 0 bridgehead atoms. The highest BCUT2D eigenvalue weighted by Crippen LogP contribution is 2.39. The van der Waals surface area contributed by atoms with Gasteiger partial charge in [0.05, 0.1) is 29.0 Å². The molecule has 1 atom stereocenters. The molecule has 6 heteroatoms. The summed E-state index contributed by atoms with van der Waals surface area (Å²) < 4.78 is 3.11. The summed E-state index contributed by atoms with van der Waals surface area (Å²) in [4.78, 5) is 2.16. The molecule has 1 aliphatic rings. The summed E-state index contributed by atoms with van der Waals surface area (Å²) in [7, 11) is 4.14. The van der Waals surface area contributed by atoms with Crippen molar-refractivity contribution < 1.29 is 0 Å². The third kappa shape index (κ3) is 2.93. The molecule has 2 rings (SSSR count).